The van der Waals surface area contributed by atoms with E-state index in [9.17, 15) is 4.48 Å². The number of hydrogen-bond acceptors (Lipinski definition) is 3. The fourth-order valence-electron chi connectivity index (χ4n) is 4.25. The molecule has 27 heavy (non-hydrogen) atoms. The van der Waals surface area contributed by atoms with Gasteiger partial charge in [0, 0.05) is 12.4 Å². The number of aliphatic imine (C=N–C) groups is 1. The van der Waals surface area contributed by atoms with Crippen LogP contribution in [-0.4, -0.2) is 11.3 Å². The van der Waals surface area contributed by atoms with Crippen LogP contribution >= 0.6 is 0 Å². The van der Waals surface area contributed by atoms with Crippen LogP contribution < -0.4 is 0 Å². The molecule has 1 aliphatic heterocycles. The lowest BCUT2D eigenvalue weighted by Crippen LogP contribution is -2.19. The zero-order chi connectivity index (χ0) is 19.1. The second-order valence-corrected chi connectivity index (χ2v) is 8.00. The first-order valence-electron chi connectivity index (χ1n) is 10.4. The Balaban J connectivity index is 1.46. The summed E-state index contributed by atoms with van der Waals surface area (Å²) in [5, 5.41) is 9.56. The van der Waals surface area contributed by atoms with Gasteiger partial charge in [-0.25, -0.2) is 0 Å². The molecule has 2 aliphatic rings. The average molecular weight is 368 g/mol. The van der Waals surface area contributed by atoms with Crippen LogP contribution in [0.1, 0.15) is 82.0 Å². The Morgan fingerprint density at radius 1 is 1.11 bits per heavy atom. The molecule has 0 spiro atoms. The molecule has 4 heteroatoms. The number of halogens is 1. The first-order valence-corrected chi connectivity index (χ1v) is 10.4. The normalized spacial score (nSPS) is 25.1. The lowest BCUT2D eigenvalue weighted by Gasteiger charge is -2.29. The standard InChI is InChI=1S/C23H30FN3/c1-2-3-4-18-5-7-19(8-6-18)9-10-21-16-26-23(27(24)17-21)22-13-11-20(15-25)12-14-22/h11-14,16-19,23H,2-10H2,1H3. The van der Waals surface area contributed by atoms with Crippen LogP contribution in [0.4, 0.5) is 4.48 Å². The minimum atomic E-state index is -0.643. The summed E-state index contributed by atoms with van der Waals surface area (Å²) in [6.07, 6.45) is 14.3. The van der Waals surface area contributed by atoms with Crippen molar-refractivity contribution in [3.05, 3.63) is 47.2 Å². The Labute approximate surface area is 162 Å². The van der Waals surface area contributed by atoms with Crippen molar-refractivity contribution in [3.8, 4) is 6.07 Å². The monoisotopic (exact) mass is 367 g/mol. The summed E-state index contributed by atoms with van der Waals surface area (Å²) in [6, 6.07) is 9.02. The molecule has 1 aromatic rings. The Morgan fingerprint density at radius 3 is 2.37 bits per heavy atom. The molecule has 1 aromatic carbocycles. The summed E-state index contributed by atoms with van der Waals surface area (Å²) in [4.78, 5) is 4.40. The van der Waals surface area contributed by atoms with Crippen LogP contribution in [0.25, 0.3) is 0 Å². The van der Waals surface area contributed by atoms with Gasteiger partial charge in [0.2, 0.25) is 0 Å². The van der Waals surface area contributed by atoms with Crippen LogP contribution in [0.2, 0.25) is 0 Å². The molecule has 1 saturated carbocycles. The number of nitrogens with zero attached hydrogens (tertiary/aromatic N) is 3. The van der Waals surface area contributed by atoms with Gasteiger partial charge < -0.3 is 0 Å². The minimum absolute atomic E-state index is 0.574. The Hall–Kier alpha value is -2.15. The highest BCUT2D eigenvalue weighted by atomic mass is 19.2. The van der Waals surface area contributed by atoms with Gasteiger partial charge in [-0.1, -0.05) is 68.5 Å². The van der Waals surface area contributed by atoms with Crippen molar-refractivity contribution in [1.29, 1.82) is 5.26 Å². The van der Waals surface area contributed by atoms with Gasteiger partial charge in [-0.05, 0) is 47.9 Å². The molecule has 1 unspecified atom stereocenters. The van der Waals surface area contributed by atoms with E-state index in [1.807, 2.05) is 6.21 Å². The van der Waals surface area contributed by atoms with Gasteiger partial charge in [0.15, 0.2) is 6.17 Å². The lowest BCUT2D eigenvalue weighted by molar-refractivity contribution is 0.0364. The van der Waals surface area contributed by atoms with Crippen LogP contribution in [0.3, 0.4) is 0 Å². The van der Waals surface area contributed by atoms with E-state index in [1.54, 1.807) is 30.5 Å². The molecule has 1 heterocycles. The molecule has 1 atom stereocenters. The van der Waals surface area contributed by atoms with Gasteiger partial charge in [-0.2, -0.15) is 10.4 Å². The maximum atomic E-state index is 14.5. The van der Waals surface area contributed by atoms with Crippen LogP contribution in [0.5, 0.6) is 0 Å². The summed E-state index contributed by atoms with van der Waals surface area (Å²) in [5.74, 6) is 1.72. The van der Waals surface area contributed by atoms with E-state index in [0.29, 0.717) is 10.7 Å². The molecule has 0 amide bonds. The van der Waals surface area contributed by atoms with Gasteiger partial charge in [0.25, 0.3) is 0 Å². The van der Waals surface area contributed by atoms with Gasteiger partial charge in [0.05, 0.1) is 11.6 Å². The average Bonchev–Trinajstić information content (AvgIpc) is 2.72. The molecule has 1 aliphatic carbocycles. The Bertz CT molecular complexity index is 693. The largest absolute Gasteiger partial charge is 0.261 e. The van der Waals surface area contributed by atoms with Gasteiger partial charge >= 0.3 is 0 Å². The summed E-state index contributed by atoms with van der Waals surface area (Å²) in [7, 11) is 0. The SMILES string of the molecule is CCCCC1CCC(CCC2=CN(F)C(c3ccc(C#N)cc3)N=C2)CC1. The maximum Gasteiger partial charge on any atom is 0.175 e. The Kier molecular flexibility index (Phi) is 7.04. The van der Waals surface area contributed by atoms with Crippen LogP contribution in [0.15, 0.2) is 41.0 Å². The van der Waals surface area contributed by atoms with Crippen molar-refractivity contribution in [3.63, 3.8) is 0 Å². The number of rotatable bonds is 7. The maximum absolute atomic E-state index is 14.5. The molecule has 0 radical (unpaired) electrons. The molecule has 0 N–H and O–H groups in total. The topological polar surface area (TPSA) is 39.4 Å². The number of unbranched alkanes of at least 4 members (excludes halogenated alkanes) is 1. The highest BCUT2D eigenvalue weighted by Crippen LogP contribution is 2.35. The molecular formula is C23H30FN3. The predicted octanol–water partition coefficient (Wildman–Crippen LogP) is 6.49. The van der Waals surface area contributed by atoms with Gasteiger partial charge in [0.1, 0.15) is 0 Å². The first kappa shape index (κ1) is 19.6. The second-order valence-electron chi connectivity index (χ2n) is 8.00. The molecule has 0 bridgehead atoms. The summed E-state index contributed by atoms with van der Waals surface area (Å²) >= 11 is 0. The molecule has 0 saturated heterocycles. The molecule has 3 rings (SSSR count). The van der Waals surface area contributed by atoms with E-state index in [-0.39, 0.29) is 0 Å². The van der Waals surface area contributed by atoms with Crippen molar-refractivity contribution in [2.24, 2.45) is 16.8 Å². The van der Waals surface area contributed by atoms with E-state index in [0.717, 1.165) is 35.8 Å². The van der Waals surface area contributed by atoms with Gasteiger partial charge in [-0.3, -0.25) is 4.99 Å². The lowest BCUT2D eigenvalue weighted by atomic mass is 9.78. The predicted molar refractivity (Wildman–Crippen MR) is 108 cm³/mol. The van der Waals surface area contributed by atoms with Crippen LogP contribution in [0, 0.1) is 23.2 Å². The van der Waals surface area contributed by atoms with E-state index in [2.05, 4.69) is 18.0 Å². The van der Waals surface area contributed by atoms with Crippen molar-refractivity contribution < 1.29 is 4.48 Å². The number of allylic oxidation sites excluding steroid dienone is 1. The molecular weight excluding hydrogens is 337 g/mol. The molecule has 3 nitrogen and oxygen atoms in total. The summed E-state index contributed by atoms with van der Waals surface area (Å²) in [6.45, 7) is 2.27. The summed E-state index contributed by atoms with van der Waals surface area (Å²) in [5.41, 5.74) is 2.30. The van der Waals surface area contributed by atoms with Gasteiger partial charge in [-0.15, -0.1) is 0 Å². The quantitative estimate of drug-likeness (QED) is 0.517. The third-order valence-electron chi connectivity index (χ3n) is 6.02. The summed E-state index contributed by atoms with van der Waals surface area (Å²) < 4.78 is 14.5. The number of hydrogen-bond donors (Lipinski definition) is 0. The fraction of sp³-hybridized carbons (Fsp3) is 0.565. The van der Waals surface area contributed by atoms with E-state index in [4.69, 9.17) is 5.26 Å². The van der Waals surface area contributed by atoms with E-state index < -0.39 is 6.17 Å². The van der Waals surface area contributed by atoms with Crippen molar-refractivity contribution in [2.75, 3.05) is 0 Å². The highest BCUT2D eigenvalue weighted by Gasteiger charge is 2.23. The number of benzene rings is 1. The highest BCUT2D eigenvalue weighted by molar-refractivity contribution is 5.79. The van der Waals surface area contributed by atoms with Crippen molar-refractivity contribution in [2.45, 2.75) is 70.9 Å². The zero-order valence-electron chi connectivity index (χ0n) is 16.3. The van der Waals surface area contributed by atoms with Crippen molar-refractivity contribution >= 4 is 6.21 Å². The molecule has 144 valence electrons. The molecule has 0 aromatic heterocycles. The Morgan fingerprint density at radius 2 is 1.78 bits per heavy atom. The fourth-order valence-corrected chi connectivity index (χ4v) is 4.25. The van der Waals surface area contributed by atoms with Crippen LogP contribution in [-0.2, 0) is 0 Å². The third-order valence-corrected chi connectivity index (χ3v) is 6.02. The third kappa shape index (κ3) is 5.42. The second kappa shape index (κ2) is 9.69. The van der Waals surface area contributed by atoms with Crippen molar-refractivity contribution in [1.82, 2.24) is 5.12 Å². The van der Waals surface area contributed by atoms with E-state index >= 15 is 0 Å². The zero-order valence-corrected chi connectivity index (χ0v) is 16.3. The molecule has 1 fully saturated rings. The first-order chi connectivity index (χ1) is 13.2. The van der Waals surface area contributed by atoms with E-state index in [1.165, 1.54) is 44.9 Å². The minimum Gasteiger partial charge on any atom is -0.261 e. The number of nitriles is 1. The smallest absolute Gasteiger partial charge is 0.175 e.